The minimum absolute atomic E-state index is 0.148. The molecular formula is C14H10BO. The van der Waals surface area contributed by atoms with E-state index in [1.807, 2.05) is 56.6 Å². The Kier molecular flexibility index (Phi) is 1.96. The van der Waals surface area contributed by atoms with Gasteiger partial charge in [0.1, 0.15) is 7.28 Å². The molecule has 0 N–H and O–H groups in total. The minimum atomic E-state index is 0.148. The molecular weight excluding hydrogens is 195 g/mol. The van der Waals surface area contributed by atoms with Gasteiger partial charge in [0.2, 0.25) is 0 Å². The van der Waals surface area contributed by atoms with Crippen LogP contribution in [0, 0.1) is 0 Å². The Labute approximate surface area is 95.4 Å². The lowest BCUT2D eigenvalue weighted by Gasteiger charge is -2.01. The number of carbonyl (C=O) groups is 1. The van der Waals surface area contributed by atoms with Crippen LogP contribution in [0.4, 0.5) is 0 Å². The highest BCUT2D eigenvalue weighted by Crippen LogP contribution is 2.35. The van der Waals surface area contributed by atoms with Gasteiger partial charge in [-0.3, -0.25) is 4.79 Å². The molecule has 3 rings (SSSR count). The monoisotopic (exact) mass is 205 g/mol. The maximum atomic E-state index is 12.1. The van der Waals surface area contributed by atoms with Crippen LogP contribution in [-0.2, 0) is 0 Å². The van der Waals surface area contributed by atoms with Crippen molar-refractivity contribution in [1.82, 2.24) is 0 Å². The van der Waals surface area contributed by atoms with Gasteiger partial charge >= 0.3 is 0 Å². The SMILES string of the molecule is C[B]c1ccc2c(c1)C(=O)c1ccccc1-2. The van der Waals surface area contributed by atoms with Gasteiger partial charge in [-0.1, -0.05) is 54.8 Å². The van der Waals surface area contributed by atoms with E-state index in [0.717, 1.165) is 27.7 Å². The molecule has 1 aliphatic rings. The number of ketones is 1. The minimum Gasteiger partial charge on any atom is -0.289 e. The van der Waals surface area contributed by atoms with Crippen molar-refractivity contribution in [3.8, 4) is 11.1 Å². The molecule has 16 heavy (non-hydrogen) atoms. The fraction of sp³-hybridized carbons (Fsp3) is 0.0714. The van der Waals surface area contributed by atoms with E-state index < -0.39 is 0 Å². The molecule has 0 atom stereocenters. The number of fused-ring (bicyclic) bond motifs is 3. The Morgan fingerprint density at radius 2 is 1.56 bits per heavy atom. The van der Waals surface area contributed by atoms with Crippen LogP contribution in [0.15, 0.2) is 42.5 Å². The molecule has 0 aliphatic heterocycles. The van der Waals surface area contributed by atoms with Crippen LogP contribution in [0.5, 0.6) is 0 Å². The summed E-state index contributed by atoms with van der Waals surface area (Å²) in [7, 11) is 2.01. The number of rotatable bonds is 1. The lowest BCUT2D eigenvalue weighted by molar-refractivity contribution is 0.104. The fourth-order valence-corrected chi connectivity index (χ4v) is 2.23. The highest BCUT2D eigenvalue weighted by atomic mass is 16.1. The first-order chi connectivity index (χ1) is 7.81. The topological polar surface area (TPSA) is 17.1 Å². The first-order valence-electron chi connectivity index (χ1n) is 5.39. The summed E-state index contributed by atoms with van der Waals surface area (Å²) in [4.78, 5) is 12.1. The van der Waals surface area contributed by atoms with Gasteiger partial charge in [-0.15, -0.1) is 0 Å². The van der Waals surface area contributed by atoms with Gasteiger partial charge in [-0.25, -0.2) is 0 Å². The summed E-state index contributed by atoms with van der Waals surface area (Å²) in [5, 5.41) is 0. The van der Waals surface area contributed by atoms with Crippen molar-refractivity contribution in [2.75, 3.05) is 0 Å². The quantitative estimate of drug-likeness (QED) is 0.557. The Morgan fingerprint density at radius 3 is 2.31 bits per heavy atom. The maximum Gasteiger partial charge on any atom is 0.194 e. The summed E-state index contributed by atoms with van der Waals surface area (Å²) in [5.41, 5.74) is 4.87. The molecule has 0 amide bonds. The predicted molar refractivity (Wildman–Crippen MR) is 66.6 cm³/mol. The second-order valence-corrected chi connectivity index (χ2v) is 3.97. The van der Waals surface area contributed by atoms with E-state index in [1.165, 1.54) is 0 Å². The predicted octanol–water partition coefficient (Wildman–Crippen LogP) is 2.28. The molecule has 2 aromatic carbocycles. The van der Waals surface area contributed by atoms with E-state index in [4.69, 9.17) is 0 Å². The van der Waals surface area contributed by atoms with E-state index in [1.54, 1.807) is 0 Å². The van der Waals surface area contributed by atoms with E-state index in [9.17, 15) is 4.79 Å². The number of carbonyl (C=O) groups excluding carboxylic acids is 1. The van der Waals surface area contributed by atoms with Crippen LogP contribution in [0.1, 0.15) is 15.9 Å². The summed E-state index contributed by atoms with van der Waals surface area (Å²) in [6, 6.07) is 13.8. The van der Waals surface area contributed by atoms with Crippen molar-refractivity contribution in [1.29, 1.82) is 0 Å². The zero-order valence-corrected chi connectivity index (χ0v) is 9.03. The molecule has 1 nitrogen and oxygen atoms in total. The summed E-state index contributed by atoms with van der Waals surface area (Å²) in [5.74, 6) is 0.148. The molecule has 0 saturated heterocycles. The van der Waals surface area contributed by atoms with Gasteiger partial charge in [-0.05, 0) is 11.1 Å². The van der Waals surface area contributed by atoms with Gasteiger partial charge in [0.25, 0.3) is 0 Å². The van der Waals surface area contributed by atoms with Gasteiger partial charge in [-0.2, -0.15) is 0 Å². The number of hydrogen-bond acceptors (Lipinski definition) is 1. The van der Waals surface area contributed by atoms with Crippen molar-refractivity contribution >= 4 is 18.5 Å². The van der Waals surface area contributed by atoms with Crippen molar-refractivity contribution in [3.63, 3.8) is 0 Å². The van der Waals surface area contributed by atoms with Gasteiger partial charge in [0, 0.05) is 11.1 Å². The Bertz CT molecular complexity index is 587. The molecule has 0 unspecified atom stereocenters. The molecule has 2 heteroatoms. The third-order valence-electron chi connectivity index (χ3n) is 3.08. The molecule has 75 valence electrons. The average molecular weight is 205 g/mol. The molecule has 0 bridgehead atoms. The molecule has 0 heterocycles. The van der Waals surface area contributed by atoms with Crippen molar-refractivity contribution in [2.24, 2.45) is 0 Å². The average Bonchev–Trinajstić information content (AvgIpc) is 2.64. The first-order valence-corrected chi connectivity index (χ1v) is 5.39. The molecule has 1 radical (unpaired) electrons. The highest BCUT2D eigenvalue weighted by Gasteiger charge is 2.25. The highest BCUT2D eigenvalue weighted by molar-refractivity contribution is 6.52. The summed E-state index contributed by atoms with van der Waals surface area (Å²) in [6.07, 6.45) is 0. The molecule has 0 aromatic heterocycles. The van der Waals surface area contributed by atoms with Crippen molar-refractivity contribution in [2.45, 2.75) is 6.82 Å². The first kappa shape index (κ1) is 9.40. The molecule has 2 aromatic rings. The number of hydrogen-bond donors (Lipinski definition) is 0. The number of benzene rings is 2. The van der Waals surface area contributed by atoms with Gasteiger partial charge in [0.05, 0.1) is 0 Å². The second-order valence-electron chi connectivity index (χ2n) is 3.97. The van der Waals surface area contributed by atoms with E-state index in [-0.39, 0.29) is 5.78 Å². The Morgan fingerprint density at radius 1 is 0.875 bits per heavy atom. The van der Waals surface area contributed by atoms with E-state index in [2.05, 4.69) is 0 Å². The van der Waals surface area contributed by atoms with Crippen LogP contribution in [-0.4, -0.2) is 13.1 Å². The third kappa shape index (κ3) is 1.16. The summed E-state index contributed by atoms with van der Waals surface area (Å²) in [6.45, 7) is 1.98. The molecule has 0 saturated carbocycles. The maximum absolute atomic E-state index is 12.1. The standard InChI is InChI=1S/C14H10BO/c1-15-9-6-7-11-10-4-2-3-5-12(10)14(16)13(11)8-9/h2-8H,1H3. The molecule has 0 fully saturated rings. The largest absolute Gasteiger partial charge is 0.289 e. The Hall–Kier alpha value is -1.83. The third-order valence-corrected chi connectivity index (χ3v) is 3.08. The van der Waals surface area contributed by atoms with E-state index in [0.29, 0.717) is 0 Å². The zero-order chi connectivity index (χ0) is 11.1. The lowest BCUT2D eigenvalue weighted by Crippen LogP contribution is -2.11. The van der Waals surface area contributed by atoms with Crippen LogP contribution < -0.4 is 5.46 Å². The van der Waals surface area contributed by atoms with Crippen molar-refractivity contribution < 1.29 is 4.79 Å². The summed E-state index contributed by atoms with van der Waals surface area (Å²) >= 11 is 0. The lowest BCUT2D eigenvalue weighted by atomic mass is 9.72. The van der Waals surface area contributed by atoms with Crippen LogP contribution in [0.3, 0.4) is 0 Å². The normalized spacial score (nSPS) is 12.2. The smallest absolute Gasteiger partial charge is 0.194 e. The van der Waals surface area contributed by atoms with Gasteiger partial charge < -0.3 is 0 Å². The Balaban J connectivity index is 2.29. The zero-order valence-electron chi connectivity index (χ0n) is 9.03. The second kappa shape index (κ2) is 3.34. The molecule has 0 spiro atoms. The van der Waals surface area contributed by atoms with Crippen molar-refractivity contribution in [3.05, 3.63) is 53.6 Å². The van der Waals surface area contributed by atoms with Crippen LogP contribution in [0.25, 0.3) is 11.1 Å². The van der Waals surface area contributed by atoms with Crippen LogP contribution >= 0.6 is 0 Å². The van der Waals surface area contributed by atoms with E-state index >= 15 is 0 Å². The van der Waals surface area contributed by atoms with Gasteiger partial charge in [0.15, 0.2) is 5.78 Å². The fourth-order valence-electron chi connectivity index (χ4n) is 2.23. The molecule has 1 aliphatic carbocycles. The summed E-state index contributed by atoms with van der Waals surface area (Å²) < 4.78 is 0. The van der Waals surface area contributed by atoms with Crippen LogP contribution in [0.2, 0.25) is 6.82 Å².